The maximum absolute atomic E-state index is 10.4. The molecule has 20 heavy (non-hydrogen) atoms. The molecular formula is C14H22N2O3S. The fourth-order valence-corrected chi connectivity index (χ4v) is 1.75. The van der Waals surface area contributed by atoms with Gasteiger partial charge in [-0.15, -0.1) is 0 Å². The van der Waals surface area contributed by atoms with Crippen LogP contribution in [0.1, 0.15) is 31.7 Å². The molecule has 0 fully saturated rings. The minimum Gasteiger partial charge on any atom is -0.450 e. The normalized spacial score (nSPS) is 9.25. The highest BCUT2D eigenvalue weighted by Crippen LogP contribution is 2.10. The van der Waals surface area contributed by atoms with Gasteiger partial charge in [-0.05, 0) is 12.0 Å². The predicted octanol–water partition coefficient (Wildman–Crippen LogP) is 3.27. The second-order valence-corrected chi connectivity index (χ2v) is 4.95. The lowest BCUT2D eigenvalue weighted by Crippen LogP contribution is -2.13. The van der Waals surface area contributed by atoms with Crippen LogP contribution in [-0.2, 0) is 10.5 Å². The molecule has 0 unspecified atom stereocenters. The maximum atomic E-state index is 10.4. The lowest BCUT2D eigenvalue weighted by molar-refractivity contribution is 0.154. The van der Waals surface area contributed by atoms with Crippen LogP contribution in [0.15, 0.2) is 30.3 Å². The Morgan fingerprint density at radius 1 is 1.15 bits per heavy atom. The number of carbonyl (C=O) groups excluding carboxylic acids is 2. The van der Waals surface area contributed by atoms with E-state index in [0.717, 1.165) is 36.6 Å². The molecule has 0 spiro atoms. The zero-order valence-electron chi connectivity index (χ0n) is 11.7. The van der Waals surface area contributed by atoms with E-state index in [4.69, 9.17) is 11.5 Å². The predicted molar refractivity (Wildman–Crippen MR) is 82.4 cm³/mol. The number of thioether (sulfide) groups is 1. The number of nitrogens with two attached hydrogens (primary N) is 2. The quantitative estimate of drug-likeness (QED) is 0.788. The number of ether oxygens (including phenoxy) is 1. The molecule has 0 saturated heterocycles. The van der Waals surface area contributed by atoms with Gasteiger partial charge in [-0.1, -0.05) is 61.9 Å². The van der Waals surface area contributed by atoms with E-state index < -0.39 is 6.09 Å². The SMILES string of the molecule is CCCCCOC(N)=O.NC(=O)SCc1ccccc1. The monoisotopic (exact) mass is 298 g/mol. The van der Waals surface area contributed by atoms with Crippen molar-refractivity contribution in [1.82, 2.24) is 0 Å². The van der Waals surface area contributed by atoms with Crippen LogP contribution in [0.25, 0.3) is 0 Å². The topological polar surface area (TPSA) is 95.4 Å². The van der Waals surface area contributed by atoms with Crippen molar-refractivity contribution in [2.24, 2.45) is 11.5 Å². The third-order valence-corrected chi connectivity index (χ3v) is 2.98. The first-order chi connectivity index (χ1) is 9.56. The van der Waals surface area contributed by atoms with Crippen LogP contribution in [-0.4, -0.2) is 17.9 Å². The van der Waals surface area contributed by atoms with Crippen LogP contribution >= 0.6 is 11.8 Å². The van der Waals surface area contributed by atoms with E-state index in [1.165, 1.54) is 0 Å². The molecule has 0 saturated carbocycles. The Labute approximate surface area is 124 Å². The van der Waals surface area contributed by atoms with E-state index in [9.17, 15) is 9.59 Å². The minimum absolute atomic E-state index is 0.325. The summed E-state index contributed by atoms with van der Waals surface area (Å²) < 4.78 is 4.48. The second kappa shape index (κ2) is 12.3. The Kier molecular flexibility index (Phi) is 11.3. The van der Waals surface area contributed by atoms with Gasteiger partial charge in [-0.3, -0.25) is 4.79 Å². The molecule has 5 nitrogen and oxygen atoms in total. The fourth-order valence-electron chi connectivity index (χ4n) is 1.25. The van der Waals surface area contributed by atoms with E-state index in [-0.39, 0.29) is 5.24 Å². The first kappa shape index (κ1) is 18.3. The number of rotatable bonds is 6. The van der Waals surface area contributed by atoms with Crippen LogP contribution in [0, 0.1) is 0 Å². The number of carbonyl (C=O) groups is 2. The number of primary amides is 2. The van der Waals surface area contributed by atoms with Crippen LogP contribution in [0.2, 0.25) is 0 Å². The van der Waals surface area contributed by atoms with E-state index in [1.54, 1.807) is 0 Å². The summed E-state index contributed by atoms with van der Waals surface area (Å²) in [6.07, 6.45) is 2.46. The molecule has 0 aliphatic carbocycles. The molecule has 0 aliphatic heterocycles. The summed E-state index contributed by atoms with van der Waals surface area (Å²) in [5, 5.41) is -0.325. The molecule has 0 heterocycles. The molecule has 0 atom stereocenters. The van der Waals surface area contributed by atoms with E-state index in [0.29, 0.717) is 12.4 Å². The summed E-state index contributed by atoms with van der Waals surface area (Å²) in [7, 11) is 0. The highest BCUT2D eigenvalue weighted by Gasteiger charge is 1.95. The van der Waals surface area contributed by atoms with Crippen molar-refractivity contribution in [2.45, 2.75) is 31.9 Å². The molecule has 0 aliphatic rings. The third-order valence-electron chi connectivity index (χ3n) is 2.22. The molecule has 0 aromatic heterocycles. The average Bonchev–Trinajstić information content (AvgIpc) is 2.43. The van der Waals surface area contributed by atoms with Crippen LogP contribution in [0.5, 0.6) is 0 Å². The van der Waals surface area contributed by atoms with Crippen molar-refractivity contribution in [2.75, 3.05) is 6.61 Å². The van der Waals surface area contributed by atoms with Crippen molar-refractivity contribution in [3.05, 3.63) is 35.9 Å². The largest absolute Gasteiger partial charge is 0.450 e. The second-order valence-electron chi connectivity index (χ2n) is 3.97. The van der Waals surface area contributed by atoms with Crippen LogP contribution < -0.4 is 11.5 Å². The summed E-state index contributed by atoms with van der Waals surface area (Å²) >= 11 is 1.12. The lowest BCUT2D eigenvalue weighted by Gasteiger charge is -1.97. The van der Waals surface area contributed by atoms with Gasteiger partial charge in [-0.25, -0.2) is 4.79 Å². The number of unbranched alkanes of at least 4 members (excludes halogenated alkanes) is 2. The molecule has 1 aromatic carbocycles. The Balaban J connectivity index is 0.000000370. The van der Waals surface area contributed by atoms with E-state index >= 15 is 0 Å². The van der Waals surface area contributed by atoms with Gasteiger partial charge in [-0.2, -0.15) is 0 Å². The molecule has 1 aromatic rings. The summed E-state index contributed by atoms with van der Waals surface area (Å²) in [6, 6.07) is 9.76. The van der Waals surface area contributed by atoms with E-state index in [1.807, 2.05) is 30.3 Å². The summed E-state index contributed by atoms with van der Waals surface area (Å²) in [4.78, 5) is 20.3. The number of benzene rings is 1. The van der Waals surface area contributed by atoms with Gasteiger partial charge in [0, 0.05) is 5.75 Å². The minimum atomic E-state index is -0.675. The molecule has 2 amide bonds. The van der Waals surface area contributed by atoms with Gasteiger partial charge in [0.05, 0.1) is 6.61 Å². The van der Waals surface area contributed by atoms with Crippen molar-refractivity contribution >= 4 is 23.1 Å². The summed E-state index contributed by atoms with van der Waals surface area (Å²) in [5.74, 6) is 0.663. The molecule has 0 radical (unpaired) electrons. The molecule has 4 N–H and O–H groups in total. The number of amides is 2. The number of hydrogen-bond donors (Lipinski definition) is 2. The van der Waals surface area contributed by atoms with Gasteiger partial charge < -0.3 is 16.2 Å². The average molecular weight is 298 g/mol. The van der Waals surface area contributed by atoms with Gasteiger partial charge in [0.1, 0.15) is 0 Å². The highest BCUT2D eigenvalue weighted by molar-refractivity contribution is 8.12. The highest BCUT2D eigenvalue weighted by atomic mass is 32.2. The van der Waals surface area contributed by atoms with Crippen molar-refractivity contribution in [3.63, 3.8) is 0 Å². The molecular weight excluding hydrogens is 276 g/mol. The zero-order chi connectivity index (χ0) is 15.2. The van der Waals surface area contributed by atoms with Crippen LogP contribution in [0.3, 0.4) is 0 Å². The molecule has 112 valence electrons. The zero-order valence-corrected chi connectivity index (χ0v) is 12.5. The fraction of sp³-hybridized carbons (Fsp3) is 0.429. The summed E-state index contributed by atoms with van der Waals surface area (Å²) in [5.41, 5.74) is 10.8. The van der Waals surface area contributed by atoms with Gasteiger partial charge in [0.25, 0.3) is 5.24 Å². The Bertz CT molecular complexity index is 385. The Morgan fingerprint density at radius 3 is 2.30 bits per heavy atom. The molecule has 0 bridgehead atoms. The van der Waals surface area contributed by atoms with Crippen LogP contribution in [0.4, 0.5) is 9.59 Å². The third kappa shape index (κ3) is 12.8. The van der Waals surface area contributed by atoms with Gasteiger partial charge >= 0.3 is 6.09 Å². The molecule has 1 rings (SSSR count). The smallest absolute Gasteiger partial charge is 0.404 e. The number of hydrogen-bond acceptors (Lipinski definition) is 4. The standard InChI is InChI=1S/C8H9NOS.C6H13NO2/c9-8(10)11-6-7-4-2-1-3-5-7;1-2-3-4-5-9-6(7)8/h1-5H,6H2,(H2,9,10);2-5H2,1H3,(H2,7,8). The first-order valence-corrected chi connectivity index (χ1v) is 7.43. The van der Waals surface area contributed by atoms with E-state index in [2.05, 4.69) is 11.7 Å². The van der Waals surface area contributed by atoms with Crippen molar-refractivity contribution in [1.29, 1.82) is 0 Å². The summed E-state index contributed by atoms with van der Waals surface area (Å²) in [6.45, 7) is 2.55. The Morgan fingerprint density at radius 2 is 1.80 bits per heavy atom. The van der Waals surface area contributed by atoms with Crippen molar-refractivity contribution < 1.29 is 14.3 Å². The lowest BCUT2D eigenvalue weighted by atomic mass is 10.2. The van der Waals surface area contributed by atoms with Gasteiger partial charge in [0.2, 0.25) is 0 Å². The first-order valence-electron chi connectivity index (χ1n) is 6.44. The molecule has 6 heteroatoms. The van der Waals surface area contributed by atoms with Crippen molar-refractivity contribution in [3.8, 4) is 0 Å². The maximum Gasteiger partial charge on any atom is 0.404 e. The van der Waals surface area contributed by atoms with Gasteiger partial charge in [0.15, 0.2) is 0 Å². The Hall–Kier alpha value is -1.69.